The molecule has 0 aliphatic carbocycles. The van der Waals surface area contributed by atoms with Gasteiger partial charge in [-0.1, -0.05) is 12.1 Å². The van der Waals surface area contributed by atoms with E-state index in [1.54, 1.807) is 39.3 Å². The number of rotatable bonds is 7. The van der Waals surface area contributed by atoms with Gasteiger partial charge in [-0.2, -0.15) is 0 Å². The van der Waals surface area contributed by atoms with Crippen LogP contribution in [-0.2, 0) is 10.0 Å². The molecule has 146 valence electrons. The van der Waals surface area contributed by atoms with Crippen LogP contribution in [0, 0.1) is 12.8 Å². The van der Waals surface area contributed by atoms with Gasteiger partial charge in [-0.3, -0.25) is 0 Å². The van der Waals surface area contributed by atoms with Gasteiger partial charge in [-0.25, -0.2) is 13.1 Å². The van der Waals surface area contributed by atoms with Gasteiger partial charge >= 0.3 is 0 Å². The van der Waals surface area contributed by atoms with E-state index in [0.717, 1.165) is 30.9 Å². The largest absolute Gasteiger partial charge is 0.497 e. The van der Waals surface area contributed by atoms with Gasteiger partial charge in [0.15, 0.2) is 0 Å². The monoisotopic (exact) mass is 390 g/mol. The summed E-state index contributed by atoms with van der Waals surface area (Å²) in [6.07, 6.45) is 0.933. The highest BCUT2D eigenvalue weighted by molar-refractivity contribution is 7.89. The molecule has 1 fully saturated rings. The maximum Gasteiger partial charge on any atom is 0.240 e. The molecule has 1 aliphatic rings. The second kappa shape index (κ2) is 8.19. The molecule has 1 saturated heterocycles. The summed E-state index contributed by atoms with van der Waals surface area (Å²) in [5, 5.41) is 0. The lowest BCUT2D eigenvalue weighted by atomic mass is 10.1. The quantitative estimate of drug-likeness (QED) is 0.787. The van der Waals surface area contributed by atoms with Crippen molar-refractivity contribution in [1.29, 1.82) is 0 Å². The first kappa shape index (κ1) is 19.5. The summed E-state index contributed by atoms with van der Waals surface area (Å²) in [6, 6.07) is 12.9. The summed E-state index contributed by atoms with van der Waals surface area (Å²) in [5.41, 5.74) is 1.72. The molecule has 0 aromatic heterocycles. The third-order valence-corrected chi connectivity index (χ3v) is 6.53. The molecule has 0 radical (unpaired) electrons. The fourth-order valence-electron chi connectivity index (χ4n) is 3.46. The van der Waals surface area contributed by atoms with Crippen molar-refractivity contribution in [3.63, 3.8) is 0 Å². The van der Waals surface area contributed by atoms with Gasteiger partial charge < -0.3 is 14.4 Å². The number of para-hydroxylation sites is 2. The standard InChI is InChI=1S/C20H26N2O4S/c1-15-12-17(25-2)8-9-20(15)27(23,24)21-13-16-10-11-22(14-16)18-6-4-5-7-19(18)26-3/h4-9,12,16,21H,10-11,13-14H2,1-3H3. The van der Waals surface area contributed by atoms with E-state index < -0.39 is 10.0 Å². The molecule has 1 unspecified atom stereocenters. The smallest absolute Gasteiger partial charge is 0.240 e. The molecular weight excluding hydrogens is 364 g/mol. The number of anilines is 1. The Kier molecular flexibility index (Phi) is 5.92. The zero-order valence-corrected chi connectivity index (χ0v) is 16.8. The predicted molar refractivity (Wildman–Crippen MR) is 106 cm³/mol. The minimum atomic E-state index is -3.55. The van der Waals surface area contributed by atoms with Gasteiger partial charge in [0.25, 0.3) is 0 Å². The fraction of sp³-hybridized carbons (Fsp3) is 0.400. The minimum absolute atomic E-state index is 0.253. The van der Waals surface area contributed by atoms with E-state index in [4.69, 9.17) is 9.47 Å². The Morgan fingerprint density at radius 1 is 1.15 bits per heavy atom. The molecule has 1 aliphatic heterocycles. The Labute approximate surface area is 161 Å². The molecule has 0 saturated carbocycles. The van der Waals surface area contributed by atoms with Crippen molar-refractivity contribution in [2.75, 3.05) is 38.8 Å². The van der Waals surface area contributed by atoms with Gasteiger partial charge in [-0.05, 0) is 55.2 Å². The Morgan fingerprint density at radius 2 is 1.93 bits per heavy atom. The second-order valence-corrected chi connectivity index (χ2v) is 8.49. The number of benzene rings is 2. The maximum absolute atomic E-state index is 12.7. The number of hydrogen-bond acceptors (Lipinski definition) is 5. The molecule has 2 aromatic rings. The molecule has 0 amide bonds. The van der Waals surface area contributed by atoms with Crippen LogP contribution in [0.3, 0.4) is 0 Å². The van der Waals surface area contributed by atoms with Crippen LogP contribution in [0.5, 0.6) is 11.5 Å². The lowest BCUT2D eigenvalue weighted by molar-refractivity contribution is 0.414. The average molecular weight is 391 g/mol. The lowest BCUT2D eigenvalue weighted by Crippen LogP contribution is -2.31. The number of methoxy groups -OCH3 is 2. The van der Waals surface area contributed by atoms with Crippen LogP contribution >= 0.6 is 0 Å². The number of sulfonamides is 1. The number of hydrogen-bond donors (Lipinski definition) is 1. The molecule has 27 heavy (non-hydrogen) atoms. The van der Waals surface area contributed by atoms with Crippen molar-refractivity contribution < 1.29 is 17.9 Å². The molecule has 1 atom stereocenters. The van der Waals surface area contributed by atoms with Crippen LogP contribution in [0.1, 0.15) is 12.0 Å². The van der Waals surface area contributed by atoms with E-state index >= 15 is 0 Å². The Hall–Kier alpha value is -2.25. The molecule has 0 spiro atoms. The van der Waals surface area contributed by atoms with Crippen molar-refractivity contribution in [3.05, 3.63) is 48.0 Å². The highest BCUT2D eigenvalue weighted by atomic mass is 32.2. The van der Waals surface area contributed by atoms with E-state index in [0.29, 0.717) is 22.8 Å². The summed E-state index contributed by atoms with van der Waals surface area (Å²) in [5.74, 6) is 1.74. The van der Waals surface area contributed by atoms with Crippen LogP contribution < -0.4 is 19.1 Å². The van der Waals surface area contributed by atoms with Gasteiger partial charge in [0.2, 0.25) is 10.0 Å². The van der Waals surface area contributed by atoms with Crippen molar-refractivity contribution in [3.8, 4) is 11.5 Å². The molecule has 7 heteroatoms. The summed E-state index contributed by atoms with van der Waals surface area (Å²) < 4.78 is 38.7. The number of aryl methyl sites for hydroxylation is 1. The normalized spacial score (nSPS) is 17.1. The molecule has 1 N–H and O–H groups in total. The van der Waals surface area contributed by atoms with Crippen LogP contribution in [0.15, 0.2) is 47.4 Å². The van der Waals surface area contributed by atoms with E-state index in [9.17, 15) is 8.42 Å². The van der Waals surface area contributed by atoms with Crippen LogP contribution in [0.4, 0.5) is 5.69 Å². The van der Waals surface area contributed by atoms with Crippen LogP contribution in [-0.4, -0.2) is 42.3 Å². The maximum atomic E-state index is 12.7. The first-order chi connectivity index (χ1) is 12.9. The van der Waals surface area contributed by atoms with Gasteiger partial charge in [0.05, 0.1) is 24.8 Å². The third kappa shape index (κ3) is 4.36. The van der Waals surface area contributed by atoms with Gasteiger partial charge in [-0.15, -0.1) is 0 Å². The van der Waals surface area contributed by atoms with E-state index in [2.05, 4.69) is 9.62 Å². The van der Waals surface area contributed by atoms with E-state index in [1.165, 1.54) is 0 Å². The molecule has 1 heterocycles. The average Bonchev–Trinajstić information content (AvgIpc) is 3.15. The van der Waals surface area contributed by atoms with Gasteiger partial charge in [0, 0.05) is 19.6 Å². The minimum Gasteiger partial charge on any atom is -0.497 e. The zero-order valence-electron chi connectivity index (χ0n) is 15.9. The second-order valence-electron chi connectivity index (χ2n) is 6.76. The first-order valence-electron chi connectivity index (χ1n) is 8.97. The molecule has 0 bridgehead atoms. The van der Waals surface area contributed by atoms with Crippen molar-refractivity contribution in [1.82, 2.24) is 4.72 Å². The molecule has 6 nitrogen and oxygen atoms in total. The number of nitrogens with one attached hydrogen (secondary N) is 1. The highest BCUT2D eigenvalue weighted by Crippen LogP contribution is 2.32. The molecule has 2 aromatic carbocycles. The Balaban J connectivity index is 1.64. The van der Waals surface area contributed by atoms with Crippen LogP contribution in [0.2, 0.25) is 0 Å². The van der Waals surface area contributed by atoms with Crippen LogP contribution in [0.25, 0.3) is 0 Å². The van der Waals surface area contributed by atoms with E-state index in [1.807, 2.05) is 24.3 Å². The van der Waals surface area contributed by atoms with E-state index in [-0.39, 0.29) is 5.92 Å². The third-order valence-electron chi connectivity index (χ3n) is 4.95. The first-order valence-corrected chi connectivity index (χ1v) is 10.4. The molecular formula is C20H26N2O4S. The lowest BCUT2D eigenvalue weighted by Gasteiger charge is -2.21. The highest BCUT2D eigenvalue weighted by Gasteiger charge is 2.26. The summed E-state index contributed by atoms with van der Waals surface area (Å²) in [6.45, 7) is 3.87. The Bertz CT molecular complexity index is 899. The number of ether oxygens (including phenoxy) is 2. The summed E-state index contributed by atoms with van der Waals surface area (Å²) in [4.78, 5) is 2.54. The Morgan fingerprint density at radius 3 is 2.63 bits per heavy atom. The van der Waals surface area contributed by atoms with Crippen molar-refractivity contribution in [2.45, 2.75) is 18.2 Å². The SMILES string of the molecule is COc1ccc(S(=O)(=O)NCC2CCN(c3ccccc3OC)C2)c(C)c1. The zero-order chi connectivity index (χ0) is 19.4. The topological polar surface area (TPSA) is 67.9 Å². The predicted octanol–water partition coefficient (Wildman–Crippen LogP) is 2.82. The summed E-state index contributed by atoms with van der Waals surface area (Å²) in [7, 11) is -0.318. The van der Waals surface area contributed by atoms with Crippen molar-refractivity contribution in [2.24, 2.45) is 5.92 Å². The fourth-order valence-corrected chi connectivity index (χ4v) is 4.81. The summed E-state index contributed by atoms with van der Waals surface area (Å²) >= 11 is 0. The molecule has 3 rings (SSSR count). The van der Waals surface area contributed by atoms with Crippen molar-refractivity contribution >= 4 is 15.7 Å². The number of nitrogens with zero attached hydrogens (tertiary/aromatic N) is 1. The van der Waals surface area contributed by atoms with Gasteiger partial charge in [0.1, 0.15) is 11.5 Å².